The van der Waals surface area contributed by atoms with Crippen LogP contribution in [0.2, 0.25) is 0 Å². The molecule has 1 aliphatic heterocycles. The molecule has 0 unspecified atom stereocenters. The van der Waals surface area contributed by atoms with Crippen molar-refractivity contribution in [1.29, 1.82) is 0 Å². The van der Waals surface area contributed by atoms with E-state index in [0.717, 1.165) is 0 Å². The first-order valence-corrected chi connectivity index (χ1v) is 4.47. The Hall–Kier alpha value is -0.610. The van der Waals surface area contributed by atoms with Gasteiger partial charge in [-0.1, -0.05) is 0 Å². The lowest BCUT2D eigenvalue weighted by Crippen LogP contribution is -2.58. The van der Waals surface area contributed by atoms with Crippen molar-refractivity contribution in [2.75, 3.05) is 0 Å². The highest BCUT2D eigenvalue weighted by Gasteiger charge is 2.46. The molecule has 4 heteroatoms. The Balaban J connectivity index is 2.82. The minimum absolute atomic E-state index is 0.0834. The van der Waals surface area contributed by atoms with Crippen molar-refractivity contribution in [2.24, 2.45) is 5.73 Å². The van der Waals surface area contributed by atoms with Crippen molar-refractivity contribution in [1.82, 2.24) is 0 Å². The molecule has 1 fully saturated rings. The van der Waals surface area contributed by atoms with Crippen LogP contribution in [0.25, 0.3) is 0 Å². The zero-order chi connectivity index (χ0) is 10.3. The fourth-order valence-corrected chi connectivity index (χ4v) is 1.64. The van der Waals surface area contributed by atoms with Gasteiger partial charge in [-0.2, -0.15) is 0 Å². The number of nitrogens with two attached hydrogens (primary N) is 1. The lowest BCUT2D eigenvalue weighted by atomic mass is 9.84. The molecule has 1 rings (SSSR count). The second kappa shape index (κ2) is 2.96. The maximum absolute atomic E-state index is 10.9. The summed E-state index contributed by atoms with van der Waals surface area (Å²) in [6.07, 6.45) is 1.17. The molecule has 4 nitrogen and oxygen atoms in total. The number of carboxylic acid groups (broad SMARTS) is 1. The molecule has 0 aromatic heterocycles. The molecule has 13 heavy (non-hydrogen) atoms. The van der Waals surface area contributed by atoms with Crippen LogP contribution in [0.4, 0.5) is 0 Å². The summed E-state index contributed by atoms with van der Waals surface area (Å²) >= 11 is 0. The Morgan fingerprint density at radius 3 is 2.46 bits per heavy atom. The van der Waals surface area contributed by atoms with Crippen LogP contribution in [0, 0.1) is 0 Å². The van der Waals surface area contributed by atoms with Gasteiger partial charge in [0.25, 0.3) is 0 Å². The molecule has 76 valence electrons. The van der Waals surface area contributed by atoms with E-state index < -0.39 is 17.2 Å². The highest BCUT2D eigenvalue weighted by atomic mass is 16.5. The highest BCUT2D eigenvalue weighted by molar-refractivity contribution is 5.77. The van der Waals surface area contributed by atoms with Crippen molar-refractivity contribution < 1.29 is 14.6 Å². The van der Waals surface area contributed by atoms with Crippen molar-refractivity contribution in [2.45, 2.75) is 50.9 Å². The van der Waals surface area contributed by atoms with Crippen LogP contribution in [0.5, 0.6) is 0 Å². The van der Waals surface area contributed by atoms with Gasteiger partial charge in [0.05, 0.1) is 5.60 Å². The number of rotatable bonds is 1. The zero-order valence-corrected chi connectivity index (χ0v) is 8.33. The van der Waals surface area contributed by atoms with E-state index in [1.165, 1.54) is 0 Å². The maximum Gasteiger partial charge on any atom is 0.335 e. The Morgan fingerprint density at radius 2 is 2.08 bits per heavy atom. The fraction of sp³-hybridized carbons (Fsp3) is 0.889. The third-order valence-electron chi connectivity index (χ3n) is 2.77. The predicted molar refractivity (Wildman–Crippen MR) is 48.4 cm³/mol. The topological polar surface area (TPSA) is 72.5 Å². The number of carbonyl (C=O) groups is 1. The third-order valence-corrected chi connectivity index (χ3v) is 2.77. The van der Waals surface area contributed by atoms with Crippen LogP contribution in [-0.2, 0) is 9.53 Å². The van der Waals surface area contributed by atoms with E-state index in [2.05, 4.69) is 0 Å². The third kappa shape index (κ3) is 1.84. The average molecular weight is 187 g/mol. The molecular formula is C9H17NO3. The summed E-state index contributed by atoms with van der Waals surface area (Å²) < 4.78 is 5.51. The minimum Gasteiger partial charge on any atom is -0.479 e. The van der Waals surface area contributed by atoms with Gasteiger partial charge in [0.15, 0.2) is 5.60 Å². The summed E-state index contributed by atoms with van der Waals surface area (Å²) in [6, 6.07) is -0.0834. The van der Waals surface area contributed by atoms with Crippen molar-refractivity contribution in [3.63, 3.8) is 0 Å². The molecule has 0 bridgehead atoms. The smallest absolute Gasteiger partial charge is 0.335 e. The lowest BCUT2D eigenvalue weighted by Gasteiger charge is -2.44. The van der Waals surface area contributed by atoms with Crippen molar-refractivity contribution >= 4 is 5.97 Å². The van der Waals surface area contributed by atoms with Crippen LogP contribution in [-0.4, -0.2) is 28.3 Å². The van der Waals surface area contributed by atoms with Crippen LogP contribution in [0.3, 0.4) is 0 Å². The monoisotopic (exact) mass is 187 g/mol. The summed E-state index contributed by atoms with van der Waals surface area (Å²) in [5, 5.41) is 8.95. The van der Waals surface area contributed by atoms with Crippen LogP contribution in [0.1, 0.15) is 33.6 Å². The average Bonchev–Trinajstić information content (AvgIpc) is 1.96. The van der Waals surface area contributed by atoms with Gasteiger partial charge in [-0.3, -0.25) is 0 Å². The molecule has 0 amide bonds. The number of hydrogen-bond donors (Lipinski definition) is 2. The van der Waals surface area contributed by atoms with Crippen molar-refractivity contribution in [3.8, 4) is 0 Å². The molecule has 0 aliphatic carbocycles. The number of hydrogen-bond acceptors (Lipinski definition) is 3. The van der Waals surface area contributed by atoms with Crippen LogP contribution < -0.4 is 5.73 Å². The van der Waals surface area contributed by atoms with Gasteiger partial charge in [0.2, 0.25) is 0 Å². The Bertz CT molecular complexity index is 227. The Labute approximate surface area is 78.1 Å². The second-order valence-corrected chi connectivity index (χ2v) is 4.39. The number of aliphatic carboxylic acids is 1. The van der Waals surface area contributed by atoms with Crippen LogP contribution >= 0.6 is 0 Å². The molecule has 0 aromatic rings. The van der Waals surface area contributed by atoms with E-state index in [4.69, 9.17) is 15.6 Å². The first-order chi connectivity index (χ1) is 5.78. The normalized spacial score (nSPS) is 38.6. The molecule has 1 heterocycles. The Morgan fingerprint density at radius 1 is 1.54 bits per heavy atom. The molecule has 1 aliphatic rings. The molecule has 0 saturated carbocycles. The van der Waals surface area contributed by atoms with Gasteiger partial charge in [-0.15, -0.1) is 0 Å². The van der Waals surface area contributed by atoms with E-state index in [1.54, 1.807) is 6.92 Å². The molecule has 0 spiro atoms. The van der Waals surface area contributed by atoms with Crippen molar-refractivity contribution in [3.05, 3.63) is 0 Å². The molecule has 0 aromatic carbocycles. The second-order valence-electron chi connectivity index (χ2n) is 4.39. The van der Waals surface area contributed by atoms with Gasteiger partial charge in [-0.25, -0.2) is 4.79 Å². The molecular weight excluding hydrogens is 170 g/mol. The number of carboxylic acids is 1. The van der Waals surface area contributed by atoms with Gasteiger partial charge in [0, 0.05) is 6.04 Å². The van der Waals surface area contributed by atoms with Gasteiger partial charge >= 0.3 is 5.97 Å². The first kappa shape index (κ1) is 10.5. The zero-order valence-electron chi connectivity index (χ0n) is 8.33. The van der Waals surface area contributed by atoms with Gasteiger partial charge in [-0.05, 0) is 33.6 Å². The number of ether oxygens (including phenoxy) is 1. The lowest BCUT2D eigenvalue weighted by molar-refractivity contribution is -0.201. The predicted octanol–water partition coefficient (Wildman–Crippen LogP) is 0.746. The summed E-state index contributed by atoms with van der Waals surface area (Å²) in [4.78, 5) is 10.9. The quantitative estimate of drug-likeness (QED) is 0.635. The Kier molecular flexibility index (Phi) is 2.38. The van der Waals surface area contributed by atoms with E-state index in [0.29, 0.717) is 12.8 Å². The molecule has 0 radical (unpaired) electrons. The van der Waals surface area contributed by atoms with E-state index in [9.17, 15) is 4.79 Å². The maximum atomic E-state index is 10.9. The summed E-state index contributed by atoms with van der Waals surface area (Å²) in [5.74, 6) is -0.910. The van der Waals surface area contributed by atoms with E-state index in [-0.39, 0.29) is 6.04 Å². The molecule has 1 saturated heterocycles. The summed E-state index contributed by atoms with van der Waals surface area (Å²) in [7, 11) is 0. The minimum atomic E-state index is -1.07. The van der Waals surface area contributed by atoms with E-state index >= 15 is 0 Å². The van der Waals surface area contributed by atoms with Crippen LogP contribution in [0.15, 0.2) is 0 Å². The van der Waals surface area contributed by atoms with E-state index in [1.807, 2.05) is 13.8 Å². The fourth-order valence-electron chi connectivity index (χ4n) is 1.64. The highest BCUT2D eigenvalue weighted by Crippen LogP contribution is 2.34. The first-order valence-electron chi connectivity index (χ1n) is 4.47. The largest absolute Gasteiger partial charge is 0.479 e. The molecule has 3 N–H and O–H groups in total. The van der Waals surface area contributed by atoms with Gasteiger partial charge < -0.3 is 15.6 Å². The molecule has 2 atom stereocenters. The summed E-state index contributed by atoms with van der Waals surface area (Å²) in [5.41, 5.74) is 4.20. The SMILES string of the molecule is CC1(C)O[C@](C)(C(=O)O)CC[C@@H]1N. The van der Waals surface area contributed by atoms with Gasteiger partial charge in [0.1, 0.15) is 0 Å². The summed E-state index contributed by atoms with van der Waals surface area (Å²) in [6.45, 7) is 5.26. The standard InChI is InChI=1S/C9H17NO3/c1-8(2)6(10)4-5-9(3,13-8)7(11)12/h6H,4-5,10H2,1-3H3,(H,11,12)/t6-,9-/m0/s1.